The molecule has 1 N–H and O–H groups in total. The number of carbonyl (C=O) groups is 1. The number of aromatic nitrogens is 1. The highest BCUT2D eigenvalue weighted by Gasteiger charge is 2.42. The number of halogens is 4. The van der Waals surface area contributed by atoms with Crippen molar-refractivity contribution in [2.75, 3.05) is 6.61 Å². The van der Waals surface area contributed by atoms with E-state index in [-0.39, 0.29) is 18.2 Å². The number of hydrogen-bond donors (Lipinski definition) is 1. The van der Waals surface area contributed by atoms with Crippen LogP contribution >= 0.6 is 22.6 Å². The third-order valence-electron chi connectivity index (χ3n) is 3.63. The number of carbonyl (C=O) groups excluding carboxylic acids is 1. The number of aliphatic hydroxyl groups excluding tert-OH is 1. The van der Waals surface area contributed by atoms with Crippen LogP contribution in [0.4, 0.5) is 13.2 Å². The first-order valence-electron chi connectivity index (χ1n) is 6.47. The van der Waals surface area contributed by atoms with Crippen molar-refractivity contribution in [2.45, 2.75) is 44.3 Å². The first kappa shape index (κ1) is 15.8. The summed E-state index contributed by atoms with van der Waals surface area (Å²) in [4.78, 5) is 11.5. The van der Waals surface area contributed by atoms with Crippen molar-refractivity contribution in [1.82, 2.24) is 4.57 Å². The molecule has 0 fully saturated rings. The van der Waals surface area contributed by atoms with Crippen molar-refractivity contribution < 1.29 is 23.1 Å². The molecule has 1 atom stereocenters. The molecule has 112 valence electrons. The molecule has 0 unspecified atom stereocenters. The first-order chi connectivity index (χ1) is 9.36. The van der Waals surface area contributed by atoms with Gasteiger partial charge in [0.1, 0.15) is 0 Å². The molecule has 0 spiro atoms. The van der Waals surface area contributed by atoms with Crippen molar-refractivity contribution >= 4 is 28.4 Å². The normalized spacial score (nSPS) is 19.6. The number of alkyl halides is 3. The van der Waals surface area contributed by atoms with Crippen LogP contribution in [0, 0.1) is 3.57 Å². The monoisotopic (exact) mass is 401 g/mol. The van der Waals surface area contributed by atoms with Gasteiger partial charge >= 0.3 is 6.18 Å². The minimum Gasteiger partial charge on any atom is -0.396 e. The maximum atomic E-state index is 12.7. The third kappa shape index (κ3) is 3.03. The van der Waals surface area contributed by atoms with E-state index in [1.54, 1.807) is 0 Å². The van der Waals surface area contributed by atoms with Gasteiger partial charge in [0.2, 0.25) is 0 Å². The molecule has 20 heavy (non-hydrogen) atoms. The SMILES string of the molecule is O=C(c1cc(I)c2n1CCCC[C@@H]2CCO)C(F)(F)F. The van der Waals surface area contributed by atoms with Crippen LogP contribution in [0.15, 0.2) is 6.07 Å². The number of nitrogens with zero attached hydrogens (tertiary/aromatic N) is 1. The Balaban J connectivity index is 2.48. The van der Waals surface area contributed by atoms with Gasteiger partial charge in [-0.15, -0.1) is 0 Å². The lowest BCUT2D eigenvalue weighted by Crippen LogP contribution is -2.26. The van der Waals surface area contributed by atoms with Gasteiger partial charge in [-0.25, -0.2) is 0 Å². The molecule has 1 aromatic rings. The first-order valence-corrected chi connectivity index (χ1v) is 7.55. The lowest BCUT2D eigenvalue weighted by atomic mass is 9.96. The van der Waals surface area contributed by atoms with Crippen molar-refractivity contribution in [3.8, 4) is 0 Å². The van der Waals surface area contributed by atoms with Gasteiger partial charge in [0.15, 0.2) is 0 Å². The Morgan fingerprint density at radius 2 is 2.15 bits per heavy atom. The van der Waals surface area contributed by atoms with Crippen LogP contribution in [0.5, 0.6) is 0 Å². The summed E-state index contributed by atoms with van der Waals surface area (Å²) in [7, 11) is 0. The second-order valence-electron chi connectivity index (χ2n) is 4.95. The summed E-state index contributed by atoms with van der Waals surface area (Å²) in [5.74, 6) is -1.77. The standard InChI is InChI=1S/C13H15F3INO2/c14-13(15,16)12(20)10-7-9(17)11-8(4-6-19)3-1-2-5-18(10)11/h7-8,19H,1-6H2/t8-/m1/s1. The van der Waals surface area contributed by atoms with Crippen molar-refractivity contribution in [3.63, 3.8) is 0 Å². The van der Waals surface area contributed by atoms with Gasteiger partial charge in [0.05, 0.1) is 5.69 Å². The van der Waals surface area contributed by atoms with Crippen LogP contribution in [-0.4, -0.2) is 28.2 Å². The molecular weight excluding hydrogens is 386 g/mol. The molecule has 0 aromatic carbocycles. The number of aliphatic hydroxyl groups is 1. The highest BCUT2D eigenvalue weighted by atomic mass is 127. The predicted molar refractivity (Wildman–Crippen MR) is 75.8 cm³/mol. The molecule has 0 saturated heterocycles. The molecular formula is C13H15F3INO2. The van der Waals surface area contributed by atoms with Crippen molar-refractivity contribution in [1.29, 1.82) is 0 Å². The number of ketones is 1. The highest BCUT2D eigenvalue weighted by molar-refractivity contribution is 14.1. The van der Waals surface area contributed by atoms with E-state index in [2.05, 4.69) is 0 Å². The predicted octanol–water partition coefficient (Wildman–Crippen LogP) is 3.49. The van der Waals surface area contributed by atoms with E-state index in [0.29, 0.717) is 16.5 Å². The molecule has 0 aliphatic carbocycles. The number of rotatable bonds is 3. The smallest absolute Gasteiger partial charge is 0.396 e. The fraction of sp³-hybridized carbons (Fsp3) is 0.615. The molecule has 0 saturated carbocycles. The molecule has 2 rings (SSSR count). The van der Waals surface area contributed by atoms with Crippen LogP contribution in [0.25, 0.3) is 0 Å². The maximum Gasteiger partial charge on any atom is 0.456 e. The van der Waals surface area contributed by atoms with Gasteiger partial charge in [0.25, 0.3) is 5.78 Å². The Morgan fingerprint density at radius 3 is 2.75 bits per heavy atom. The van der Waals surface area contributed by atoms with E-state index in [1.807, 2.05) is 22.6 Å². The topological polar surface area (TPSA) is 42.2 Å². The lowest BCUT2D eigenvalue weighted by Gasteiger charge is -2.17. The molecule has 0 radical (unpaired) electrons. The van der Waals surface area contributed by atoms with Gasteiger partial charge in [-0.2, -0.15) is 13.2 Å². The summed E-state index contributed by atoms with van der Waals surface area (Å²) >= 11 is 1.98. The van der Waals surface area contributed by atoms with E-state index < -0.39 is 12.0 Å². The molecule has 1 aromatic heterocycles. The van der Waals surface area contributed by atoms with Crippen LogP contribution in [-0.2, 0) is 6.54 Å². The fourth-order valence-corrected chi connectivity index (χ4v) is 3.78. The Hall–Kier alpha value is -0.570. The minimum absolute atomic E-state index is 0.00548. The molecule has 0 amide bonds. The average molecular weight is 401 g/mol. The van der Waals surface area contributed by atoms with E-state index in [4.69, 9.17) is 5.11 Å². The number of fused-ring (bicyclic) bond motifs is 1. The molecule has 3 nitrogen and oxygen atoms in total. The van der Waals surface area contributed by atoms with Crippen LogP contribution < -0.4 is 0 Å². The summed E-state index contributed by atoms with van der Waals surface area (Å²) in [6.07, 6.45) is -1.86. The molecule has 7 heteroatoms. The Kier molecular flexibility index (Phi) is 4.78. The van der Waals surface area contributed by atoms with E-state index in [1.165, 1.54) is 10.6 Å². The van der Waals surface area contributed by atoms with Gasteiger partial charge in [-0.3, -0.25) is 4.79 Å². The van der Waals surface area contributed by atoms with Gasteiger partial charge in [0, 0.05) is 28.3 Å². The zero-order valence-electron chi connectivity index (χ0n) is 10.7. The van der Waals surface area contributed by atoms with E-state index in [9.17, 15) is 18.0 Å². The summed E-state index contributed by atoms with van der Waals surface area (Å²) in [5.41, 5.74) is 0.492. The average Bonchev–Trinajstić information content (AvgIpc) is 2.55. The molecule has 2 heterocycles. The van der Waals surface area contributed by atoms with Gasteiger partial charge in [-0.1, -0.05) is 6.42 Å². The summed E-state index contributed by atoms with van der Waals surface area (Å²) in [6.45, 7) is 0.423. The largest absolute Gasteiger partial charge is 0.456 e. The third-order valence-corrected chi connectivity index (χ3v) is 4.49. The van der Waals surface area contributed by atoms with E-state index >= 15 is 0 Å². The maximum absolute atomic E-state index is 12.7. The van der Waals surface area contributed by atoms with Gasteiger partial charge in [-0.05, 0) is 47.9 Å². The summed E-state index contributed by atoms with van der Waals surface area (Å²) < 4.78 is 40.1. The van der Waals surface area contributed by atoms with Crippen LogP contribution in [0.2, 0.25) is 0 Å². The number of Topliss-reactive ketones (excluding diaryl/α,β-unsaturated/α-hetero) is 1. The van der Waals surface area contributed by atoms with Crippen molar-refractivity contribution in [3.05, 3.63) is 21.0 Å². The Labute approximate surface area is 128 Å². The second kappa shape index (κ2) is 6.05. The molecule has 1 aliphatic heterocycles. The van der Waals surface area contributed by atoms with Crippen LogP contribution in [0.1, 0.15) is 47.8 Å². The highest BCUT2D eigenvalue weighted by Crippen LogP contribution is 2.36. The fourth-order valence-electron chi connectivity index (χ4n) is 2.75. The van der Waals surface area contributed by atoms with Gasteiger partial charge < -0.3 is 9.67 Å². The van der Waals surface area contributed by atoms with Crippen molar-refractivity contribution in [2.24, 2.45) is 0 Å². The Bertz CT molecular complexity index is 510. The lowest BCUT2D eigenvalue weighted by molar-refractivity contribution is -0.0890. The Morgan fingerprint density at radius 1 is 1.45 bits per heavy atom. The zero-order chi connectivity index (χ0) is 14.9. The van der Waals surface area contributed by atoms with E-state index in [0.717, 1.165) is 25.0 Å². The summed E-state index contributed by atoms with van der Waals surface area (Å²) in [5, 5.41) is 9.11. The van der Waals surface area contributed by atoms with Crippen LogP contribution in [0.3, 0.4) is 0 Å². The summed E-state index contributed by atoms with van der Waals surface area (Å²) in [6, 6.07) is 1.32. The molecule has 1 aliphatic rings. The second-order valence-corrected chi connectivity index (χ2v) is 6.11. The number of hydrogen-bond acceptors (Lipinski definition) is 2. The minimum atomic E-state index is -4.85. The quantitative estimate of drug-likeness (QED) is 0.623. The molecule has 0 bridgehead atoms. The zero-order valence-corrected chi connectivity index (χ0v) is 12.9.